The number of aromatic nitrogens is 3. The first-order chi connectivity index (χ1) is 9.11. The van der Waals surface area contributed by atoms with E-state index in [0.29, 0.717) is 12.8 Å². The average molecular weight is 322 g/mol. The standard InChI is InChI=1S/C14H16BrN3O/c1-3-12-14(15)13(18(2)17-12)9-11(19)8-10-6-4-5-7-16-10/h4-7H,3,8-9H2,1-2H3. The lowest BCUT2D eigenvalue weighted by atomic mass is 10.1. The van der Waals surface area contributed by atoms with Crippen molar-refractivity contribution in [2.75, 3.05) is 0 Å². The fourth-order valence-corrected chi connectivity index (χ4v) is 2.72. The Labute approximate surface area is 121 Å². The number of halogens is 1. The molecule has 19 heavy (non-hydrogen) atoms. The molecule has 0 spiro atoms. The van der Waals surface area contributed by atoms with Crippen LogP contribution in [-0.2, 0) is 31.1 Å². The molecule has 0 saturated carbocycles. The van der Waals surface area contributed by atoms with Gasteiger partial charge >= 0.3 is 0 Å². The van der Waals surface area contributed by atoms with Gasteiger partial charge in [0.05, 0.1) is 15.9 Å². The third kappa shape index (κ3) is 3.29. The second-order valence-corrected chi connectivity index (χ2v) is 5.19. The van der Waals surface area contributed by atoms with Gasteiger partial charge in [-0.05, 0) is 34.5 Å². The van der Waals surface area contributed by atoms with Crippen LogP contribution in [0.5, 0.6) is 0 Å². The number of aryl methyl sites for hydroxylation is 2. The Morgan fingerprint density at radius 3 is 2.74 bits per heavy atom. The van der Waals surface area contributed by atoms with Crippen molar-refractivity contribution in [1.82, 2.24) is 14.8 Å². The van der Waals surface area contributed by atoms with Crippen LogP contribution in [0, 0.1) is 0 Å². The molecule has 5 heteroatoms. The number of Topliss-reactive ketones (excluding diaryl/α,β-unsaturated/α-hetero) is 1. The van der Waals surface area contributed by atoms with Crippen LogP contribution >= 0.6 is 15.9 Å². The average Bonchev–Trinajstić information content (AvgIpc) is 2.67. The van der Waals surface area contributed by atoms with Crippen LogP contribution in [0.1, 0.15) is 24.0 Å². The number of pyridine rings is 1. The molecule has 0 saturated heterocycles. The third-order valence-corrected chi connectivity index (χ3v) is 3.89. The zero-order chi connectivity index (χ0) is 13.8. The summed E-state index contributed by atoms with van der Waals surface area (Å²) in [5.41, 5.74) is 2.72. The van der Waals surface area contributed by atoms with Gasteiger partial charge in [-0.1, -0.05) is 13.0 Å². The van der Waals surface area contributed by atoms with E-state index in [1.54, 1.807) is 10.9 Å². The molecule has 0 unspecified atom stereocenters. The summed E-state index contributed by atoms with van der Waals surface area (Å²) in [6.07, 6.45) is 3.29. The molecule has 0 atom stereocenters. The van der Waals surface area contributed by atoms with E-state index in [2.05, 4.69) is 26.0 Å². The molecule has 0 aliphatic rings. The maximum absolute atomic E-state index is 12.1. The highest BCUT2D eigenvalue weighted by Crippen LogP contribution is 2.22. The molecular weight excluding hydrogens is 306 g/mol. The van der Waals surface area contributed by atoms with E-state index in [9.17, 15) is 4.79 Å². The van der Waals surface area contributed by atoms with E-state index < -0.39 is 0 Å². The van der Waals surface area contributed by atoms with Crippen molar-refractivity contribution in [1.29, 1.82) is 0 Å². The summed E-state index contributed by atoms with van der Waals surface area (Å²) in [4.78, 5) is 16.3. The van der Waals surface area contributed by atoms with E-state index in [1.807, 2.05) is 32.2 Å². The Morgan fingerprint density at radius 2 is 2.16 bits per heavy atom. The molecule has 0 amide bonds. The molecule has 0 fully saturated rings. The van der Waals surface area contributed by atoms with Crippen molar-refractivity contribution in [2.45, 2.75) is 26.2 Å². The van der Waals surface area contributed by atoms with Crippen molar-refractivity contribution in [2.24, 2.45) is 7.05 Å². The van der Waals surface area contributed by atoms with Gasteiger partial charge in [0.2, 0.25) is 0 Å². The van der Waals surface area contributed by atoms with Gasteiger partial charge in [-0.2, -0.15) is 5.10 Å². The second-order valence-electron chi connectivity index (χ2n) is 4.40. The maximum atomic E-state index is 12.1. The molecule has 2 rings (SSSR count). The number of hydrogen-bond donors (Lipinski definition) is 0. The van der Waals surface area contributed by atoms with Crippen LogP contribution in [0.25, 0.3) is 0 Å². The molecule has 100 valence electrons. The highest BCUT2D eigenvalue weighted by molar-refractivity contribution is 9.10. The summed E-state index contributed by atoms with van der Waals surface area (Å²) in [6.45, 7) is 2.05. The van der Waals surface area contributed by atoms with Crippen LogP contribution in [0.4, 0.5) is 0 Å². The molecule has 0 radical (unpaired) electrons. The highest BCUT2D eigenvalue weighted by atomic mass is 79.9. The number of nitrogens with zero attached hydrogens (tertiary/aromatic N) is 3. The first kappa shape index (κ1) is 13.9. The van der Waals surface area contributed by atoms with Crippen LogP contribution in [0.2, 0.25) is 0 Å². The van der Waals surface area contributed by atoms with Gasteiger partial charge < -0.3 is 0 Å². The Bertz CT molecular complexity index is 578. The summed E-state index contributed by atoms with van der Waals surface area (Å²) in [5.74, 6) is 0.144. The quantitative estimate of drug-likeness (QED) is 0.850. The lowest BCUT2D eigenvalue weighted by Gasteiger charge is -2.02. The first-order valence-corrected chi connectivity index (χ1v) is 7.03. The number of carbonyl (C=O) groups is 1. The predicted molar refractivity (Wildman–Crippen MR) is 76.9 cm³/mol. The molecule has 0 N–H and O–H groups in total. The molecule has 0 bridgehead atoms. The van der Waals surface area contributed by atoms with Crippen molar-refractivity contribution in [3.05, 3.63) is 46.0 Å². The molecule has 0 aliphatic carbocycles. The molecule has 0 aromatic carbocycles. The highest BCUT2D eigenvalue weighted by Gasteiger charge is 2.16. The summed E-state index contributed by atoms with van der Waals surface area (Å²) in [7, 11) is 1.87. The summed E-state index contributed by atoms with van der Waals surface area (Å²) < 4.78 is 2.73. The lowest BCUT2D eigenvalue weighted by Crippen LogP contribution is -2.11. The van der Waals surface area contributed by atoms with Crippen LogP contribution < -0.4 is 0 Å². The second kappa shape index (κ2) is 6.10. The minimum absolute atomic E-state index is 0.144. The van der Waals surface area contributed by atoms with Crippen LogP contribution in [0.15, 0.2) is 28.9 Å². The van der Waals surface area contributed by atoms with Gasteiger partial charge in [-0.3, -0.25) is 14.5 Å². The number of hydrogen-bond acceptors (Lipinski definition) is 3. The molecule has 4 nitrogen and oxygen atoms in total. The van der Waals surface area contributed by atoms with Gasteiger partial charge in [0.15, 0.2) is 0 Å². The SMILES string of the molecule is CCc1nn(C)c(CC(=O)Cc2ccccn2)c1Br. The van der Waals surface area contributed by atoms with Gasteiger partial charge in [0.25, 0.3) is 0 Å². The van der Waals surface area contributed by atoms with Gasteiger partial charge in [0, 0.05) is 31.8 Å². The molecule has 2 aromatic heterocycles. The van der Waals surface area contributed by atoms with Gasteiger partial charge in [-0.15, -0.1) is 0 Å². The number of carbonyl (C=O) groups excluding carboxylic acids is 1. The van der Waals surface area contributed by atoms with E-state index in [0.717, 1.165) is 28.0 Å². The van der Waals surface area contributed by atoms with Crippen LogP contribution in [-0.4, -0.2) is 20.5 Å². The Kier molecular flexibility index (Phi) is 4.47. The zero-order valence-electron chi connectivity index (χ0n) is 11.1. The topological polar surface area (TPSA) is 47.8 Å². The zero-order valence-corrected chi connectivity index (χ0v) is 12.6. The minimum Gasteiger partial charge on any atom is -0.299 e. The maximum Gasteiger partial charge on any atom is 0.144 e. The molecular formula is C14H16BrN3O. The fourth-order valence-electron chi connectivity index (χ4n) is 1.97. The van der Waals surface area contributed by atoms with Crippen molar-refractivity contribution >= 4 is 21.7 Å². The minimum atomic E-state index is 0.144. The summed E-state index contributed by atoms with van der Waals surface area (Å²) in [5, 5.41) is 4.39. The number of rotatable bonds is 5. The largest absolute Gasteiger partial charge is 0.299 e. The van der Waals surface area contributed by atoms with E-state index in [1.165, 1.54) is 0 Å². The molecule has 0 aliphatic heterocycles. The molecule has 2 aromatic rings. The van der Waals surface area contributed by atoms with Gasteiger partial charge in [-0.25, -0.2) is 0 Å². The Hall–Kier alpha value is -1.49. The van der Waals surface area contributed by atoms with Crippen molar-refractivity contribution < 1.29 is 4.79 Å². The molecule has 2 heterocycles. The van der Waals surface area contributed by atoms with E-state index in [-0.39, 0.29) is 5.78 Å². The normalized spacial score (nSPS) is 10.7. The van der Waals surface area contributed by atoms with Crippen molar-refractivity contribution in [3.8, 4) is 0 Å². The Balaban J connectivity index is 2.09. The number of ketones is 1. The summed E-state index contributed by atoms with van der Waals surface area (Å²) >= 11 is 3.53. The Morgan fingerprint density at radius 1 is 1.37 bits per heavy atom. The fraction of sp³-hybridized carbons (Fsp3) is 0.357. The smallest absolute Gasteiger partial charge is 0.144 e. The summed E-state index contributed by atoms with van der Waals surface area (Å²) in [6, 6.07) is 5.61. The lowest BCUT2D eigenvalue weighted by molar-refractivity contribution is -0.117. The van der Waals surface area contributed by atoms with E-state index >= 15 is 0 Å². The van der Waals surface area contributed by atoms with Gasteiger partial charge in [0.1, 0.15) is 5.78 Å². The van der Waals surface area contributed by atoms with Crippen LogP contribution in [0.3, 0.4) is 0 Å². The van der Waals surface area contributed by atoms with E-state index in [4.69, 9.17) is 0 Å². The first-order valence-electron chi connectivity index (χ1n) is 6.23. The van der Waals surface area contributed by atoms with Crippen molar-refractivity contribution in [3.63, 3.8) is 0 Å². The third-order valence-electron chi connectivity index (χ3n) is 2.97. The predicted octanol–water partition coefficient (Wildman–Crippen LogP) is 2.49. The monoisotopic (exact) mass is 321 g/mol.